The van der Waals surface area contributed by atoms with Crippen molar-refractivity contribution in [3.8, 4) is 12.3 Å². The van der Waals surface area contributed by atoms with Gasteiger partial charge in [0.25, 0.3) is 0 Å². The fourth-order valence-corrected chi connectivity index (χ4v) is 4.52. The molecular weight excluding hydrogens is 457 g/mol. The third-order valence-corrected chi connectivity index (χ3v) is 6.90. The Morgan fingerprint density at radius 1 is 1.26 bits per heavy atom. The number of hydrogen-bond acceptors (Lipinski definition) is 10. The van der Waals surface area contributed by atoms with Crippen LogP contribution in [0, 0.1) is 24.2 Å². The first-order chi connectivity index (χ1) is 16.7. The highest BCUT2D eigenvalue weighted by Crippen LogP contribution is 2.38. The molecule has 3 rings (SSSR count). The second-order valence-electron chi connectivity index (χ2n) is 8.91. The van der Waals surface area contributed by atoms with Crippen molar-refractivity contribution >= 4 is 30.2 Å². The van der Waals surface area contributed by atoms with E-state index in [1.807, 2.05) is 27.7 Å². The summed E-state index contributed by atoms with van der Waals surface area (Å²) in [7, 11) is 0. The number of carbonyl (C=O) groups is 2. The molecule has 3 aliphatic rings. The van der Waals surface area contributed by atoms with Gasteiger partial charge < -0.3 is 24.8 Å². The van der Waals surface area contributed by atoms with Gasteiger partial charge in [0, 0.05) is 6.42 Å². The average molecular weight is 492 g/mol. The van der Waals surface area contributed by atoms with Crippen molar-refractivity contribution in [2.45, 2.75) is 89.9 Å². The van der Waals surface area contributed by atoms with Crippen LogP contribution in [0.15, 0.2) is 15.0 Å². The number of fused-ring (bicyclic) bond motifs is 1. The summed E-state index contributed by atoms with van der Waals surface area (Å²) in [6, 6.07) is -0.669. The van der Waals surface area contributed by atoms with Gasteiger partial charge in [0.1, 0.15) is 30.8 Å². The first kappa shape index (κ1) is 26.6. The van der Waals surface area contributed by atoms with E-state index in [1.54, 1.807) is 4.90 Å². The minimum atomic E-state index is -1.53. The first-order valence-electron chi connectivity index (χ1n) is 12.1. The zero-order valence-corrected chi connectivity index (χ0v) is 20.6. The predicted molar refractivity (Wildman–Crippen MR) is 128 cm³/mol. The SMILES string of the molecule is C#C[C@]1(COC(=O)C(CC)CC)O[C@@H](N2C=NC3C(N)=NC(F)=NC32)C[C@@H]1OC(=O)C(CC)CC. The summed E-state index contributed by atoms with van der Waals surface area (Å²) >= 11 is 0. The standard InChI is InChI=1S/C24H34FN5O5/c1-6-14(7-2)21(31)33-12-24(10-5)16(34-22(32)15(8-3)9-4)11-17(35-24)30-13-27-18-19(26)28-23(25)29-20(18)30/h5,13-18,20H,6-9,11-12H2,1-4H3,(H2,26,28,29)/t16-,17+,18?,20?,24+/m0/s1. The van der Waals surface area contributed by atoms with Crippen molar-refractivity contribution in [1.82, 2.24) is 4.90 Å². The van der Waals surface area contributed by atoms with Crippen LogP contribution in [0.4, 0.5) is 4.39 Å². The topological polar surface area (TPSA) is 128 Å². The molecule has 192 valence electrons. The van der Waals surface area contributed by atoms with Crippen molar-refractivity contribution in [1.29, 1.82) is 0 Å². The van der Waals surface area contributed by atoms with Crippen molar-refractivity contribution in [2.24, 2.45) is 32.5 Å². The molecule has 0 aromatic heterocycles. The largest absolute Gasteiger partial charge is 0.461 e. The Morgan fingerprint density at radius 2 is 1.89 bits per heavy atom. The Morgan fingerprint density at radius 3 is 2.49 bits per heavy atom. The van der Waals surface area contributed by atoms with E-state index in [-0.39, 0.29) is 30.7 Å². The van der Waals surface area contributed by atoms with Gasteiger partial charge >= 0.3 is 18.0 Å². The van der Waals surface area contributed by atoms with E-state index in [2.05, 4.69) is 20.9 Å². The Labute approximate surface area is 205 Å². The van der Waals surface area contributed by atoms with Gasteiger partial charge in [-0.25, -0.2) is 4.99 Å². The molecule has 0 aliphatic carbocycles. The fraction of sp³-hybridized carbons (Fsp3) is 0.708. The van der Waals surface area contributed by atoms with Crippen LogP contribution >= 0.6 is 0 Å². The fourth-order valence-electron chi connectivity index (χ4n) is 4.52. The maximum Gasteiger partial charge on any atom is 0.309 e. The van der Waals surface area contributed by atoms with E-state index < -0.39 is 48.2 Å². The zero-order chi connectivity index (χ0) is 25.8. The van der Waals surface area contributed by atoms with E-state index in [0.717, 1.165) is 0 Å². The van der Waals surface area contributed by atoms with Crippen LogP contribution in [0.25, 0.3) is 0 Å². The third kappa shape index (κ3) is 5.32. The third-order valence-electron chi connectivity index (χ3n) is 6.90. The number of nitrogens with two attached hydrogens (primary N) is 1. The molecule has 1 fully saturated rings. The molecule has 0 aromatic carbocycles. The summed E-state index contributed by atoms with van der Waals surface area (Å²) in [6.07, 6.45) is 6.49. The minimum Gasteiger partial charge on any atom is -0.461 e. The Bertz CT molecular complexity index is 939. The molecule has 2 N–H and O–H groups in total. The van der Waals surface area contributed by atoms with Gasteiger partial charge in [-0.05, 0) is 25.7 Å². The van der Waals surface area contributed by atoms with E-state index in [1.165, 1.54) is 6.34 Å². The summed E-state index contributed by atoms with van der Waals surface area (Å²) in [4.78, 5) is 38.7. The highest BCUT2D eigenvalue weighted by Gasteiger charge is 2.55. The molecule has 0 saturated carbocycles. The van der Waals surface area contributed by atoms with Crippen molar-refractivity contribution in [3.63, 3.8) is 0 Å². The zero-order valence-electron chi connectivity index (χ0n) is 20.6. The second kappa shape index (κ2) is 11.2. The first-order valence-corrected chi connectivity index (χ1v) is 12.1. The number of terminal acetylenes is 1. The molecule has 5 atom stereocenters. The lowest BCUT2D eigenvalue weighted by Crippen LogP contribution is -2.49. The van der Waals surface area contributed by atoms with Gasteiger partial charge in [-0.1, -0.05) is 33.6 Å². The number of esters is 2. The van der Waals surface area contributed by atoms with E-state index in [0.29, 0.717) is 25.7 Å². The van der Waals surface area contributed by atoms with Crippen molar-refractivity contribution in [2.75, 3.05) is 6.61 Å². The summed E-state index contributed by atoms with van der Waals surface area (Å²) in [6.45, 7) is 7.30. The van der Waals surface area contributed by atoms with E-state index >= 15 is 0 Å². The lowest BCUT2D eigenvalue weighted by atomic mass is 9.97. The summed E-state index contributed by atoms with van der Waals surface area (Å²) in [5.41, 5.74) is 4.30. The summed E-state index contributed by atoms with van der Waals surface area (Å²) < 4.78 is 31.6. The lowest BCUT2D eigenvalue weighted by molar-refractivity contribution is -0.172. The van der Waals surface area contributed by atoms with E-state index in [9.17, 15) is 14.0 Å². The van der Waals surface area contributed by atoms with Crippen LogP contribution in [-0.2, 0) is 23.8 Å². The highest BCUT2D eigenvalue weighted by molar-refractivity contribution is 5.99. The van der Waals surface area contributed by atoms with Crippen molar-refractivity contribution < 1.29 is 28.2 Å². The molecule has 0 spiro atoms. The lowest BCUT2D eigenvalue weighted by Gasteiger charge is -2.32. The molecule has 1 saturated heterocycles. The molecule has 11 heteroatoms. The van der Waals surface area contributed by atoms with E-state index in [4.69, 9.17) is 26.4 Å². The molecule has 10 nitrogen and oxygen atoms in total. The van der Waals surface area contributed by atoms with Gasteiger partial charge in [0.2, 0.25) is 5.60 Å². The molecule has 2 unspecified atom stereocenters. The van der Waals surface area contributed by atoms with Crippen LogP contribution in [-0.4, -0.2) is 71.8 Å². The Hall–Kier alpha value is -3.00. The van der Waals surface area contributed by atoms with Crippen LogP contribution in [0.3, 0.4) is 0 Å². The smallest absolute Gasteiger partial charge is 0.309 e. The van der Waals surface area contributed by atoms with Gasteiger partial charge in [-0.2, -0.15) is 9.38 Å². The molecule has 0 bridgehead atoms. The van der Waals surface area contributed by atoms with Crippen molar-refractivity contribution in [3.05, 3.63) is 0 Å². The Kier molecular flexibility index (Phi) is 8.48. The van der Waals surface area contributed by atoms with Crippen LogP contribution in [0.2, 0.25) is 0 Å². The number of hydrogen-bond donors (Lipinski definition) is 1. The normalized spacial score (nSPS) is 29.6. The monoisotopic (exact) mass is 491 g/mol. The maximum absolute atomic E-state index is 13.9. The maximum atomic E-state index is 13.9. The summed E-state index contributed by atoms with van der Waals surface area (Å²) in [5.74, 6) is 1.20. The second-order valence-corrected chi connectivity index (χ2v) is 8.91. The number of rotatable bonds is 10. The highest BCUT2D eigenvalue weighted by atomic mass is 19.1. The van der Waals surface area contributed by atoms with Crippen LogP contribution in [0.5, 0.6) is 0 Å². The molecule has 3 aliphatic heterocycles. The van der Waals surface area contributed by atoms with Gasteiger partial charge in [-0.15, -0.1) is 6.42 Å². The summed E-state index contributed by atoms with van der Waals surface area (Å²) in [5, 5.41) is 0. The number of amidine groups is 2. The average Bonchev–Trinajstić information content (AvgIpc) is 3.41. The molecule has 35 heavy (non-hydrogen) atoms. The quantitative estimate of drug-likeness (QED) is 0.282. The van der Waals surface area contributed by atoms with Gasteiger partial charge in [0.15, 0.2) is 6.17 Å². The van der Waals surface area contributed by atoms with Gasteiger partial charge in [0.05, 0.1) is 18.2 Å². The van der Waals surface area contributed by atoms with Crippen LogP contribution in [0.1, 0.15) is 59.8 Å². The molecule has 0 aromatic rings. The number of halogens is 1. The molecule has 3 heterocycles. The number of nitrogens with zero attached hydrogens (tertiary/aromatic N) is 4. The molecule has 0 radical (unpaired) electrons. The Balaban J connectivity index is 1.85. The number of ether oxygens (including phenoxy) is 3. The number of carbonyl (C=O) groups excluding carboxylic acids is 2. The van der Waals surface area contributed by atoms with Gasteiger partial charge in [-0.3, -0.25) is 14.6 Å². The minimum absolute atomic E-state index is 0.00160. The molecule has 0 amide bonds. The van der Waals surface area contributed by atoms with Crippen LogP contribution < -0.4 is 5.73 Å². The molecular formula is C24H34FN5O5. The number of aliphatic imine (C=N–C) groups is 3. The predicted octanol–water partition coefficient (Wildman–Crippen LogP) is 2.17.